The van der Waals surface area contributed by atoms with Gasteiger partial charge in [-0.25, -0.2) is 8.42 Å². The zero-order chi connectivity index (χ0) is 17.6. The predicted octanol–water partition coefficient (Wildman–Crippen LogP) is 4.47. The van der Waals surface area contributed by atoms with Crippen LogP contribution in [0.4, 0.5) is 5.69 Å². The van der Waals surface area contributed by atoms with Crippen LogP contribution >= 0.6 is 23.2 Å². The van der Waals surface area contributed by atoms with Gasteiger partial charge in [-0.15, -0.1) is 0 Å². The van der Waals surface area contributed by atoms with Gasteiger partial charge >= 0.3 is 0 Å². The van der Waals surface area contributed by atoms with E-state index in [1.54, 1.807) is 12.1 Å². The van der Waals surface area contributed by atoms with E-state index in [1.807, 2.05) is 12.1 Å². The van der Waals surface area contributed by atoms with Crippen molar-refractivity contribution in [1.82, 2.24) is 0 Å². The van der Waals surface area contributed by atoms with Crippen LogP contribution in [0.1, 0.15) is 24.8 Å². The smallest absolute Gasteiger partial charge is 0.263 e. The van der Waals surface area contributed by atoms with Crippen LogP contribution in [0.5, 0.6) is 0 Å². The molecule has 0 aromatic heterocycles. The molecule has 3 N–H and O–H groups in total. The Labute approximate surface area is 153 Å². The number of rotatable bonds is 8. The summed E-state index contributed by atoms with van der Waals surface area (Å²) in [6.45, 7) is 0.716. The minimum absolute atomic E-state index is 0.000530. The van der Waals surface area contributed by atoms with E-state index in [0.717, 1.165) is 25.7 Å². The summed E-state index contributed by atoms with van der Waals surface area (Å²) in [7, 11) is -3.75. The molecule has 4 nitrogen and oxygen atoms in total. The molecule has 0 saturated heterocycles. The first-order chi connectivity index (χ1) is 11.4. The number of nitrogens with two attached hydrogens (primary N) is 1. The summed E-state index contributed by atoms with van der Waals surface area (Å²) in [5.74, 6) is 0. The third kappa shape index (κ3) is 5.38. The standard InChI is InChI=1S/C17H20Cl2N2O2S/c18-14-7-10-17(16(19)12-14)24(22,23)21-15-8-5-13(6-9-15)4-2-1-3-11-20/h5-10,12,21H,1-4,11,20H2. The molecule has 130 valence electrons. The van der Waals surface area contributed by atoms with Crippen LogP contribution in [0.25, 0.3) is 0 Å². The number of hydrogen-bond acceptors (Lipinski definition) is 3. The Morgan fingerprint density at radius 2 is 1.67 bits per heavy atom. The third-order valence-corrected chi connectivity index (χ3v) is 5.66. The molecule has 0 saturated carbocycles. The number of nitrogens with one attached hydrogen (secondary N) is 1. The molecule has 0 radical (unpaired) electrons. The molecule has 2 aromatic carbocycles. The van der Waals surface area contributed by atoms with Gasteiger partial charge in [0.2, 0.25) is 0 Å². The molecule has 0 atom stereocenters. The largest absolute Gasteiger partial charge is 0.330 e. The molecule has 0 unspecified atom stereocenters. The van der Waals surface area contributed by atoms with Gasteiger partial charge in [0.15, 0.2) is 0 Å². The highest BCUT2D eigenvalue weighted by Gasteiger charge is 2.18. The van der Waals surface area contributed by atoms with Gasteiger partial charge in [-0.2, -0.15) is 0 Å². The number of anilines is 1. The first-order valence-electron chi connectivity index (χ1n) is 7.69. The van der Waals surface area contributed by atoms with Crippen molar-refractivity contribution < 1.29 is 8.42 Å². The zero-order valence-corrected chi connectivity index (χ0v) is 15.5. The van der Waals surface area contributed by atoms with Crippen molar-refractivity contribution in [3.8, 4) is 0 Å². The molecule has 0 aliphatic heterocycles. The van der Waals surface area contributed by atoms with E-state index >= 15 is 0 Å². The molecule has 7 heteroatoms. The summed E-state index contributed by atoms with van der Waals surface area (Å²) in [4.78, 5) is -0.000530. The monoisotopic (exact) mass is 386 g/mol. The molecule has 0 fully saturated rings. The average Bonchev–Trinajstić information content (AvgIpc) is 2.52. The summed E-state index contributed by atoms with van der Waals surface area (Å²) in [5.41, 5.74) is 7.13. The Morgan fingerprint density at radius 3 is 2.29 bits per heavy atom. The number of benzene rings is 2. The molecule has 0 heterocycles. The van der Waals surface area contributed by atoms with Gasteiger partial charge in [-0.3, -0.25) is 4.72 Å². The highest BCUT2D eigenvalue weighted by molar-refractivity contribution is 7.92. The van der Waals surface area contributed by atoms with E-state index in [4.69, 9.17) is 28.9 Å². The van der Waals surface area contributed by atoms with E-state index in [1.165, 1.54) is 23.8 Å². The second-order valence-corrected chi connectivity index (χ2v) is 7.97. The normalized spacial score (nSPS) is 11.5. The summed E-state index contributed by atoms with van der Waals surface area (Å²) in [6, 6.07) is 11.6. The number of halogens is 2. The van der Waals surface area contributed by atoms with Gasteiger partial charge in [0.1, 0.15) is 4.90 Å². The Balaban J connectivity index is 2.04. The van der Waals surface area contributed by atoms with Gasteiger partial charge in [0.25, 0.3) is 10.0 Å². The minimum Gasteiger partial charge on any atom is -0.330 e. The van der Waals surface area contributed by atoms with Crippen LogP contribution in [0.2, 0.25) is 10.0 Å². The predicted molar refractivity (Wildman–Crippen MR) is 100 cm³/mol. The first-order valence-corrected chi connectivity index (χ1v) is 9.93. The van der Waals surface area contributed by atoms with E-state index < -0.39 is 10.0 Å². The molecule has 0 bridgehead atoms. The lowest BCUT2D eigenvalue weighted by Gasteiger charge is -2.10. The minimum atomic E-state index is -3.75. The topological polar surface area (TPSA) is 72.2 Å². The van der Waals surface area contributed by atoms with Crippen molar-refractivity contribution in [2.75, 3.05) is 11.3 Å². The van der Waals surface area contributed by atoms with Crippen molar-refractivity contribution in [3.05, 3.63) is 58.1 Å². The quantitative estimate of drug-likeness (QED) is 0.657. The van der Waals surface area contributed by atoms with Gasteiger partial charge in [-0.05, 0) is 61.7 Å². The fourth-order valence-electron chi connectivity index (χ4n) is 2.29. The van der Waals surface area contributed by atoms with Crippen LogP contribution in [0.3, 0.4) is 0 Å². The lowest BCUT2D eigenvalue weighted by molar-refractivity contribution is 0.601. The molecule has 0 aliphatic rings. The van der Waals surface area contributed by atoms with Crippen molar-refractivity contribution >= 4 is 38.9 Å². The lowest BCUT2D eigenvalue weighted by atomic mass is 10.1. The Morgan fingerprint density at radius 1 is 0.958 bits per heavy atom. The third-order valence-electron chi connectivity index (χ3n) is 3.56. The molecule has 0 amide bonds. The van der Waals surface area contributed by atoms with Crippen LogP contribution < -0.4 is 10.5 Å². The Kier molecular flexibility index (Phi) is 6.92. The Bertz CT molecular complexity index is 778. The van der Waals surface area contributed by atoms with Crippen LogP contribution in [-0.2, 0) is 16.4 Å². The maximum absolute atomic E-state index is 12.4. The van der Waals surface area contributed by atoms with Crippen LogP contribution in [0, 0.1) is 0 Å². The van der Waals surface area contributed by atoms with Crippen molar-refractivity contribution in [3.63, 3.8) is 0 Å². The van der Waals surface area contributed by atoms with E-state index in [0.29, 0.717) is 17.3 Å². The van der Waals surface area contributed by atoms with Crippen LogP contribution in [0.15, 0.2) is 47.4 Å². The molecule has 2 rings (SSSR count). The number of sulfonamides is 1. The summed E-state index contributed by atoms with van der Waals surface area (Å²) in [5, 5.41) is 0.476. The summed E-state index contributed by atoms with van der Waals surface area (Å²) in [6.07, 6.45) is 4.15. The summed E-state index contributed by atoms with van der Waals surface area (Å²) >= 11 is 11.8. The van der Waals surface area contributed by atoms with Gasteiger partial charge in [-0.1, -0.05) is 41.8 Å². The van der Waals surface area contributed by atoms with Gasteiger partial charge in [0.05, 0.1) is 5.02 Å². The maximum atomic E-state index is 12.4. The molecule has 0 spiro atoms. The molecule has 0 aliphatic carbocycles. The van der Waals surface area contributed by atoms with Crippen molar-refractivity contribution in [1.29, 1.82) is 0 Å². The van der Waals surface area contributed by atoms with E-state index in [-0.39, 0.29) is 9.92 Å². The summed E-state index contributed by atoms with van der Waals surface area (Å²) < 4.78 is 27.4. The fraction of sp³-hybridized carbons (Fsp3) is 0.294. The van der Waals surface area contributed by atoms with Crippen LogP contribution in [-0.4, -0.2) is 15.0 Å². The lowest BCUT2D eigenvalue weighted by Crippen LogP contribution is -2.13. The first kappa shape index (κ1) is 19.1. The molecular formula is C17H20Cl2N2O2S. The SMILES string of the molecule is NCCCCCc1ccc(NS(=O)(=O)c2ccc(Cl)cc2Cl)cc1. The maximum Gasteiger partial charge on any atom is 0.263 e. The average molecular weight is 387 g/mol. The highest BCUT2D eigenvalue weighted by atomic mass is 35.5. The zero-order valence-electron chi connectivity index (χ0n) is 13.1. The second-order valence-electron chi connectivity index (χ2n) is 5.48. The second kappa shape index (κ2) is 8.72. The van der Waals surface area contributed by atoms with Gasteiger partial charge < -0.3 is 5.73 Å². The van der Waals surface area contributed by atoms with Crippen molar-refractivity contribution in [2.24, 2.45) is 5.73 Å². The fourth-order valence-corrected chi connectivity index (χ4v) is 4.13. The molecular weight excluding hydrogens is 367 g/mol. The van der Waals surface area contributed by atoms with Crippen molar-refractivity contribution in [2.45, 2.75) is 30.6 Å². The number of unbranched alkanes of at least 4 members (excludes halogenated alkanes) is 2. The number of aryl methyl sites for hydroxylation is 1. The van der Waals surface area contributed by atoms with Gasteiger partial charge in [0, 0.05) is 10.7 Å². The Hall–Kier alpha value is -1.27. The van der Waals surface area contributed by atoms with E-state index in [9.17, 15) is 8.42 Å². The molecule has 24 heavy (non-hydrogen) atoms. The molecule has 2 aromatic rings. The number of hydrogen-bond donors (Lipinski definition) is 2. The van der Waals surface area contributed by atoms with E-state index in [2.05, 4.69) is 4.72 Å². The highest BCUT2D eigenvalue weighted by Crippen LogP contribution is 2.26.